The van der Waals surface area contributed by atoms with Gasteiger partial charge in [-0.15, -0.1) is 0 Å². The van der Waals surface area contributed by atoms with Crippen LogP contribution in [-0.4, -0.2) is 95.9 Å². The topological polar surface area (TPSA) is 231 Å². The molecule has 0 aliphatic carbocycles. The van der Waals surface area contributed by atoms with E-state index in [1.807, 2.05) is 0 Å². The van der Waals surface area contributed by atoms with Gasteiger partial charge in [0.2, 0.25) is 0 Å². The Morgan fingerprint density at radius 3 is 0.775 bits per heavy atom. The van der Waals surface area contributed by atoms with E-state index in [-0.39, 0.29) is 19.3 Å². The van der Waals surface area contributed by atoms with Gasteiger partial charge in [0.25, 0.3) is 0 Å². The van der Waals surface area contributed by atoms with Crippen LogP contribution in [0.1, 0.15) is 329 Å². The first kappa shape index (κ1) is 106. The summed E-state index contributed by atoms with van der Waals surface area (Å²) in [6.07, 6.45) is 109. The number of ether oxygens (including phenoxy) is 3. The Hall–Kier alpha value is -5.35. The molecule has 0 spiro atoms. The summed E-state index contributed by atoms with van der Waals surface area (Å²) in [5, 5.41) is 20.7. The second kappa shape index (κ2) is 84.1. The molecule has 0 rings (SSSR count). The summed E-state index contributed by atoms with van der Waals surface area (Å²) >= 11 is 0. The number of carbonyl (C=O) groups is 3. The van der Waals surface area contributed by atoms with Crippen molar-refractivity contribution >= 4 is 33.6 Å². The molecule has 0 aliphatic rings. The summed E-state index contributed by atoms with van der Waals surface area (Å²) in [5.74, 6) is -1.64. The predicted octanol–water partition coefficient (Wildman–Crippen LogP) is 26.1. The fourth-order valence-electron chi connectivity index (χ4n) is 11.1. The normalized spacial score (nSPS) is 14.8. The molecule has 632 valence electrons. The van der Waals surface area contributed by atoms with Gasteiger partial charge < -0.3 is 34.2 Å². The number of allylic oxidation sites excluding steroid dienone is 30. The lowest BCUT2D eigenvalue weighted by molar-refractivity contribution is -0.161. The highest BCUT2D eigenvalue weighted by Gasteiger charge is 2.29. The van der Waals surface area contributed by atoms with Crippen LogP contribution in [0, 0.1) is 0 Å². The summed E-state index contributed by atoms with van der Waals surface area (Å²) in [4.78, 5) is 58.9. The van der Waals surface area contributed by atoms with Crippen LogP contribution in [0.2, 0.25) is 0 Å². The lowest BCUT2D eigenvalue weighted by atomic mass is 10.0. The molecule has 0 fully saturated rings. The average Bonchev–Trinajstić information content (AvgIpc) is 0.903. The van der Waals surface area contributed by atoms with Gasteiger partial charge in [0.1, 0.15) is 25.4 Å². The lowest BCUT2D eigenvalue weighted by Gasteiger charge is -2.21. The van der Waals surface area contributed by atoms with Crippen molar-refractivity contribution in [3.63, 3.8) is 0 Å². The number of hydrogen-bond acceptors (Lipinski definition) is 14. The van der Waals surface area contributed by atoms with E-state index in [1.165, 1.54) is 109 Å². The number of esters is 3. The van der Waals surface area contributed by atoms with Crippen molar-refractivity contribution in [2.24, 2.45) is 0 Å². The summed E-state index contributed by atoms with van der Waals surface area (Å²) in [7, 11) is -9.83. The van der Waals surface area contributed by atoms with Crippen LogP contribution in [0.5, 0.6) is 0 Å². The maximum absolute atomic E-state index is 13.0. The van der Waals surface area contributed by atoms with Gasteiger partial charge in [-0.3, -0.25) is 32.5 Å². The SMILES string of the molecule is CC/C=C\C/C=C\C/C=C\C/C=C\C/C=C\C/C=C\CCCCC(=O)OC(COC(=O)CCCCCCCCCCC/C=C\C/C=C\C/C=C\C/C=C\C/C=C\CC)COP(=O)(O)OCC(O)COP(=O)(O)OCC(O)COC(=O)CCCCCCCCCCCCCCC/C=C\C/C=C\C/C=C\C/C=C\CCCCC. The zero-order valence-corrected chi connectivity index (χ0v) is 71.1. The molecular formula is C93H154O16P2. The molecule has 0 bridgehead atoms. The predicted molar refractivity (Wildman–Crippen MR) is 463 cm³/mol. The Bertz CT molecular complexity index is 2750. The summed E-state index contributed by atoms with van der Waals surface area (Å²) < 4.78 is 61.3. The quantitative estimate of drug-likeness (QED) is 0.0146. The van der Waals surface area contributed by atoms with E-state index in [9.17, 15) is 43.5 Å². The minimum absolute atomic E-state index is 0.0414. The number of hydrogen-bond donors (Lipinski definition) is 4. The van der Waals surface area contributed by atoms with Gasteiger partial charge in [-0.05, 0) is 161 Å². The second-order valence-corrected chi connectivity index (χ2v) is 31.1. The molecule has 0 aromatic rings. The van der Waals surface area contributed by atoms with E-state index in [2.05, 4.69) is 203 Å². The van der Waals surface area contributed by atoms with E-state index in [0.29, 0.717) is 25.7 Å². The van der Waals surface area contributed by atoms with Crippen molar-refractivity contribution < 1.29 is 75.8 Å². The third-order valence-corrected chi connectivity index (χ3v) is 19.5. The van der Waals surface area contributed by atoms with Gasteiger partial charge in [0.15, 0.2) is 6.10 Å². The molecule has 0 aliphatic heterocycles. The van der Waals surface area contributed by atoms with Gasteiger partial charge in [-0.2, -0.15) is 0 Å². The minimum atomic E-state index is -4.96. The molecule has 5 unspecified atom stereocenters. The highest BCUT2D eigenvalue weighted by molar-refractivity contribution is 7.47. The highest BCUT2D eigenvalue weighted by atomic mass is 31.2. The maximum atomic E-state index is 13.0. The molecule has 0 saturated carbocycles. The maximum Gasteiger partial charge on any atom is 0.472 e. The number of unbranched alkanes of at least 4 members (excludes halogenated alkanes) is 27. The first-order valence-corrected chi connectivity index (χ1v) is 46.1. The highest BCUT2D eigenvalue weighted by Crippen LogP contribution is 2.45. The molecule has 0 saturated heterocycles. The monoisotopic (exact) mass is 1590 g/mol. The molecule has 16 nitrogen and oxygen atoms in total. The van der Waals surface area contributed by atoms with Gasteiger partial charge in [0, 0.05) is 19.3 Å². The Kier molecular flexibility index (Phi) is 80.0. The molecule has 0 radical (unpaired) electrons. The number of aliphatic hydroxyl groups is 2. The average molecular weight is 1590 g/mol. The number of phosphoric acid groups is 2. The first-order chi connectivity index (χ1) is 54.2. The van der Waals surface area contributed by atoms with Crippen LogP contribution >= 0.6 is 15.6 Å². The third kappa shape index (κ3) is 85.4. The summed E-state index contributed by atoms with van der Waals surface area (Å²) in [6, 6.07) is 0. The molecular weight excluding hydrogens is 1430 g/mol. The van der Waals surface area contributed by atoms with Crippen LogP contribution in [0.3, 0.4) is 0 Å². The van der Waals surface area contributed by atoms with Crippen LogP contribution in [-0.2, 0) is 55.8 Å². The van der Waals surface area contributed by atoms with Crippen molar-refractivity contribution in [3.8, 4) is 0 Å². The molecule has 18 heteroatoms. The van der Waals surface area contributed by atoms with Crippen LogP contribution in [0.25, 0.3) is 0 Å². The van der Waals surface area contributed by atoms with Crippen molar-refractivity contribution in [3.05, 3.63) is 182 Å². The Balaban J connectivity index is 4.67. The second-order valence-electron chi connectivity index (χ2n) is 28.2. The van der Waals surface area contributed by atoms with Crippen molar-refractivity contribution in [2.75, 3.05) is 39.6 Å². The van der Waals surface area contributed by atoms with Crippen LogP contribution in [0.15, 0.2) is 182 Å². The lowest BCUT2D eigenvalue weighted by Crippen LogP contribution is -2.30. The molecule has 0 aromatic heterocycles. The van der Waals surface area contributed by atoms with E-state index in [0.717, 1.165) is 154 Å². The number of rotatable bonds is 80. The number of phosphoric ester groups is 2. The Morgan fingerprint density at radius 1 is 0.261 bits per heavy atom. The first-order valence-electron chi connectivity index (χ1n) is 43.1. The smallest absolute Gasteiger partial charge is 0.463 e. The Labute approximate surface area is 675 Å². The van der Waals surface area contributed by atoms with Gasteiger partial charge in [0.05, 0.1) is 26.4 Å². The molecule has 0 heterocycles. The molecule has 4 N–H and O–H groups in total. The molecule has 5 atom stereocenters. The van der Waals surface area contributed by atoms with Gasteiger partial charge in [-0.25, -0.2) is 9.13 Å². The van der Waals surface area contributed by atoms with Crippen molar-refractivity contribution in [1.29, 1.82) is 0 Å². The van der Waals surface area contributed by atoms with Gasteiger partial charge in [-0.1, -0.05) is 331 Å². The number of carbonyl (C=O) groups excluding carboxylic acids is 3. The Morgan fingerprint density at radius 2 is 0.477 bits per heavy atom. The van der Waals surface area contributed by atoms with Crippen LogP contribution < -0.4 is 0 Å². The van der Waals surface area contributed by atoms with E-state index < -0.39 is 91.5 Å². The molecule has 111 heavy (non-hydrogen) atoms. The fourth-order valence-corrected chi connectivity index (χ4v) is 12.7. The summed E-state index contributed by atoms with van der Waals surface area (Å²) in [5.41, 5.74) is 0. The van der Waals surface area contributed by atoms with Crippen molar-refractivity contribution in [1.82, 2.24) is 0 Å². The summed E-state index contributed by atoms with van der Waals surface area (Å²) in [6.45, 7) is 2.38. The zero-order valence-electron chi connectivity index (χ0n) is 69.3. The third-order valence-electron chi connectivity index (χ3n) is 17.6. The molecule has 0 aromatic carbocycles. The minimum Gasteiger partial charge on any atom is -0.463 e. The largest absolute Gasteiger partial charge is 0.472 e. The molecule has 0 amide bonds. The van der Waals surface area contributed by atoms with Gasteiger partial charge >= 0.3 is 33.6 Å². The van der Waals surface area contributed by atoms with E-state index >= 15 is 0 Å². The van der Waals surface area contributed by atoms with E-state index in [4.69, 9.17) is 32.3 Å². The number of aliphatic hydroxyl groups excluding tert-OH is 2. The van der Waals surface area contributed by atoms with Crippen molar-refractivity contribution in [2.45, 2.75) is 347 Å². The fraction of sp³-hybridized carbons (Fsp3) is 0.645. The van der Waals surface area contributed by atoms with E-state index in [1.54, 1.807) is 0 Å². The zero-order chi connectivity index (χ0) is 80.8. The standard InChI is InChI=1S/C93H154O16P2/c1-4-7-10-13-16-19-22-25-28-31-34-37-39-41-42-43-44-46-48-50-52-55-58-61-64-67-70-73-76-79-91(96)103-82-88(94)83-105-110(99,100)106-84-89(95)85-107-111(101,102)108-87-90(109-93(98)81-78-75-72-69-66-63-60-57-54-49-36-33-30-27-24-21-18-15-12-9-6-3)86-104-92(97)80-77-74-71-68-65-62-59-56-53-51-47-45-40-38-35-32-29-26-23-20-17-14-11-8-5-2/h8-9,11-12,16-21,25-30,34-38,41-42,45,47,49,57,60,66,69,88-90,94-95H,4-7,10,13-15,22-24,31-33,39-40,43-44,46,48,50-56,58-59,61-65,67-68,70-87H2,1-3H3,(H,99,100)(H,101,102)/b11-8-,12-9-,19-16-,20-17-,21-18-,28-25-,29-26-,30-27-,37-34-,38-35-,42-41-,47-45-,49-36-,60-57-,69-66-. The van der Waals surface area contributed by atoms with Crippen LogP contribution in [0.4, 0.5) is 0 Å².